The van der Waals surface area contributed by atoms with E-state index in [0.29, 0.717) is 0 Å². The first-order valence-electron chi connectivity index (χ1n) is 9.08. The van der Waals surface area contributed by atoms with Crippen molar-refractivity contribution in [2.45, 2.75) is 26.3 Å². The lowest BCUT2D eigenvalue weighted by Crippen LogP contribution is -2.01. The molecule has 0 aliphatic heterocycles. The fourth-order valence-electron chi connectivity index (χ4n) is 3.66. The molecule has 0 saturated heterocycles. The number of fused-ring (bicyclic) bond motifs is 1. The van der Waals surface area contributed by atoms with Crippen molar-refractivity contribution in [3.05, 3.63) is 70.9 Å². The molecule has 0 fully saturated rings. The first kappa shape index (κ1) is 18.0. The summed E-state index contributed by atoms with van der Waals surface area (Å²) in [7, 11) is 1.92. The Morgan fingerprint density at radius 1 is 1.11 bits per heavy atom. The van der Waals surface area contributed by atoms with E-state index in [0.717, 1.165) is 39.4 Å². The predicted octanol–water partition coefficient (Wildman–Crippen LogP) is 4.93. The number of imidazole rings is 1. The summed E-state index contributed by atoms with van der Waals surface area (Å²) in [5.41, 5.74) is 6.14. The average molecular weight is 377 g/mol. The SMILES string of the molecule is CC(C)c1c(-c2ccc3ncc(CN=O)n3c2)c(-c2ccc(F)cc2)nn1C. The number of benzene rings is 1. The topological polar surface area (TPSA) is 64.6 Å². The molecular weight excluding hydrogens is 357 g/mol. The van der Waals surface area contributed by atoms with E-state index in [-0.39, 0.29) is 18.3 Å². The summed E-state index contributed by atoms with van der Waals surface area (Å²) in [5, 5.41) is 7.73. The second-order valence-electron chi connectivity index (χ2n) is 7.08. The summed E-state index contributed by atoms with van der Waals surface area (Å²) in [6.07, 6.45) is 3.62. The second kappa shape index (κ2) is 6.99. The largest absolute Gasteiger partial charge is 0.301 e. The molecule has 4 aromatic rings. The van der Waals surface area contributed by atoms with Crippen molar-refractivity contribution in [1.82, 2.24) is 19.2 Å². The van der Waals surface area contributed by atoms with Crippen LogP contribution in [0.2, 0.25) is 0 Å². The minimum absolute atomic E-state index is 0.0551. The van der Waals surface area contributed by atoms with Gasteiger partial charge < -0.3 is 4.40 Å². The highest BCUT2D eigenvalue weighted by Crippen LogP contribution is 2.37. The van der Waals surface area contributed by atoms with Gasteiger partial charge in [0.15, 0.2) is 0 Å². The van der Waals surface area contributed by atoms with E-state index in [9.17, 15) is 9.30 Å². The fourth-order valence-corrected chi connectivity index (χ4v) is 3.66. The van der Waals surface area contributed by atoms with Crippen LogP contribution >= 0.6 is 0 Å². The molecule has 0 aliphatic rings. The Hall–Kier alpha value is -3.35. The highest BCUT2D eigenvalue weighted by atomic mass is 19.1. The molecule has 0 atom stereocenters. The maximum Gasteiger partial charge on any atom is 0.136 e. The van der Waals surface area contributed by atoms with Gasteiger partial charge in [-0.15, -0.1) is 0 Å². The van der Waals surface area contributed by atoms with Crippen molar-refractivity contribution in [3.8, 4) is 22.4 Å². The van der Waals surface area contributed by atoms with Crippen molar-refractivity contribution in [1.29, 1.82) is 0 Å². The van der Waals surface area contributed by atoms with Gasteiger partial charge in [-0.2, -0.15) is 10.0 Å². The molecule has 0 spiro atoms. The normalized spacial score (nSPS) is 11.5. The van der Waals surface area contributed by atoms with E-state index in [1.807, 2.05) is 34.5 Å². The minimum atomic E-state index is -0.281. The zero-order chi connectivity index (χ0) is 19.8. The summed E-state index contributed by atoms with van der Waals surface area (Å²) in [6.45, 7) is 4.29. The van der Waals surface area contributed by atoms with Crippen molar-refractivity contribution in [2.75, 3.05) is 0 Å². The van der Waals surface area contributed by atoms with Crippen molar-refractivity contribution in [3.63, 3.8) is 0 Å². The van der Waals surface area contributed by atoms with Gasteiger partial charge in [-0.3, -0.25) is 4.68 Å². The Labute approximate surface area is 161 Å². The Kier molecular flexibility index (Phi) is 4.50. The number of hydrogen-bond donors (Lipinski definition) is 0. The minimum Gasteiger partial charge on any atom is -0.301 e. The molecule has 1 aromatic carbocycles. The molecule has 3 aromatic heterocycles. The van der Waals surface area contributed by atoms with Crippen molar-refractivity contribution >= 4 is 5.65 Å². The molecule has 4 rings (SSSR count). The van der Waals surface area contributed by atoms with E-state index in [1.165, 1.54) is 12.1 Å². The second-order valence-corrected chi connectivity index (χ2v) is 7.08. The molecule has 3 heterocycles. The molecule has 0 bridgehead atoms. The zero-order valence-corrected chi connectivity index (χ0v) is 15.9. The van der Waals surface area contributed by atoms with Crippen molar-refractivity contribution in [2.24, 2.45) is 12.2 Å². The van der Waals surface area contributed by atoms with Gasteiger partial charge in [0.25, 0.3) is 0 Å². The summed E-state index contributed by atoms with van der Waals surface area (Å²) < 4.78 is 17.2. The summed E-state index contributed by atoms with van der Waals surface area (Å²) in [5.74, 6) is -0.0487. The summed E-state index contributed by atoms with van der Waals surface area (Å²) in [6, 6.07) is 10.3. The Morgan fingerprint density at radius 3 is 2.50 bits per heavy atom. The van der Waals surface area contributed by atoms with E-state index < -0.39 is 0 Å². The Balaban J connectivity index is 1.97. The van der Waals surface area contributed by atoms with Gasteiger partial charge in [0.05, 0.1) is 11.9 Å². The molecule has 0 saturated carbocycles. The van der Waals surface area contributed by atoms with Gasteiger partial charge in [0.2, 0.25) is 0 Å². The number of nitrogens with zero attached hydrogens (tertiary/aromatic N) is 5. The molecule has 28 heavy (non-hydrogen) atoms. The van der Waals surface area contributed by atoms with Crippen molar-refractivity contribution < 1.29 is 4.39 Å². The van der Waals surface area contributed by atoms with Crippen LogP contribution in [0.5, 0.6) is 0 Å². The molecular formula is C21H20FN5O. The number of aromatic nitrogens is 4. The lowest BCUT2D eigenvalue weighted by Gasteiger charge is -2.12. The number of hydrogen-bond acceptors (Lipinski definition) is 4. The summed E-state index contributed by atoms with van der Waals surface area (Å²) >= 11 is 0. The molecule has 0 N–H and O–H groups in total. The highest BCUT2D eigenvalue weighted by molar-refractivity contribution is 5.83. The monoisotopic (exact) mass is 377 g/mol. The molecule has 0 radical (unpaired) electrons. The number of nitroso groups, excluding NO2 is 1. The third kappa shape index (κ3) is 2.98. The predicted molar refractivity (Wildman–Crippen MR) is 106 cm³/mol. The van der Waals surface area contributed by atoms with Crippen LogP contribution in [0.25, 0.3) is 28.0 Å². The quantitative estimate of drug-likeness (QED) is 0.463. The third-order valence-corrected chi connectivity index (χ3v) is 4.85. The summed E-state index contributed by atoms with van der Waals surface area (Å²) in [4.78, 5) is 15.1. The zero-order valence-electron chi connectivity index (χ0n) is 15.9. The molecule has 142 valence electrons. The maximum atomic E-state index is 13.4. The van der Waals surface area contributed by atoms with Gasteiger partial charge in [-0.05, 0) is 42.3 Å². The standard InChI is InChI=1S/C21H20FN5O/c1-13(2)21-19(20(25-26(21)3)14-4-7-16(22)8-5-14)15-6-9-18-23-10-17(11-24-28)27(18)12-15/h4-10,12-13H,11H2,1-3H3. The first-order chi connectivity index (χ1) is 13.5. The van der Waals surface area contributed by atoms with Crippen LogP contribution < -0.4 is 0 Å². The number of rotatable bonds is 5. The number of aryl methyl sites for hydroxylation is 1. The van der Waals surface area contributed by atoms with E-state index in [2.05, 4.69) is 24.0 Å². The maximum absolute atomic E-state index is 13.4. The van der Waals surface area contributed by atoms with E-state index in [4.69, 9.17) is 5.10 Å². The lowest BCUT2D eigenvalue weighted by atomic mass is 9.95. The van der Waals surface area contributed by atoms with E-state index in [1.54, 1.807) is 18.3 Å². The van der Waals surface area contributed by atoms with Gasteiger partial charge >= 0.3 is 0 Å². The number of halogens is 1. The smallest absolute Gasteiger partial charge is 0.136 e. The molecule has 6 nitrogen and oxygen atoms in total. The van der Waals surface area contributed by atoms with Gasteiger partial charge in [-0.1, -0.05) is 19.0 Å². The molecule has 0 aliphatic carbocycles. The Morgan fingerprint density at radius 2 is 1.82 bits per heavy atom. The van der Waals surface area contributed by atoms with Gasteiger partial charge in [-0.25, -0.2) is 9.37 Å². The fraction of sp³-hybridized carbons (Fsp3) is 0.238. The van der Waals surface area contributed by atoms with Crippen LogP contribution in [0.3, 0.4) is 0 Å². The van der Waals surface area contributed by atoms with Crippen LogP contribution in [0, 0.1) is 10.7 Å². The first-order valence-corrected chi connectivity index (χ1v) is 9.08. The highest BCUT2D eigenvalue weighted by Gasteiger charge is 2.22. The van der Waals surface area contributed by atoms with Crippen LogP contribution in [-0.4, -0.2) is 19.2 Å². The molecule has 0 amide bonds. The van der Waals surface area contributed by atoms with Crippen LogP contribution in [0.1, 0.15) is 31.2 Å². The number of pyridine rings is 1. The molecule has 0 unspecified atom stereocenters. The van der Waals surface area contributed by atoms with Gasteiger partial charge in [0, 0.05) is 35.6 Å². The third-order valence-electron chi connectivity index (χ3n) is 4.85. The van der Waals surface area contributed by atoms with Crippen LogP contribution in [0.15, 0.2) is 54.0 Å². The lowest BCUT2D eigenvalue weighted by molar-refractivity contribution is 0.628. The van der Waals surface area contributed by atoms with Crippen LogP contribution in [0.4, 0.5) is 4.39 Å². The van der Waals surface area contributed by atoms with E-state index >= 15 is 0 Å². The molecule has 7 heteroatoms. The Bertz CT molecular complexity index is 1160. The van der Waals surface area contributed by atoms with Gasteiger partial charge in [0.1, 0.15) is 23.7 Å². The van der Waals surface area contributed by atoms with Crippen LogP contribution in [-0.2, 0) is 13.6 Å². The average Bonchev–Trinajstić information content (AvgIpc) is 3.23.